The third-order valence-electron chi connectivity index (χ3n) is 3.18. The van der Waals surface area contributed by atoms with Crippen molar-refractivity contribution in [2.45, 2.75) is 26.1 Å². The molecule has 1 unspecified atom stereocenters. The summed E-state index contributed by atoms with van der Waals surface area (Å²) in [5.41, 5.74) is 3.11. The van der Waals surface area contributed by atoms with Gasteiger partial charge >= 0.3 is 0 Å². The van der Waals surface area contributed by atoms with Gasteiger partial charge in [0.15, 0.2) is 0 Å². The Morgan fingerprint density at radius 1 is 1.05 bits per heavy atom. The maximum atomic E-state index is 10.5. The standard InChI is InChI=1S/C16H17N3O2/c1-11(2)21-19-15-10-13(8-9-14(15)17-18-19)16(20)12-6-4-3-5-7-12/h3-11,16,20H,1-2H3. The lowest BCUT2D eigenvalue weighted by molar-refractivity contribution is 0.0407. The molecule has 1 N–H and O–H groups in total. The van der Waals surface area contributed by atoms with Gasteiger partial charge in [0.25, 0.3) is 0 Å². The van der Waals surface area contributed by atoms with E-state index in [0.29, 0.717) is 0 Å². The fourth-order valence-corrected chi connectivity index (χ4v) is 2.19. The second kappa shape index (κ2) is 5.54. The molecular formula is C16H17N3O2. The zero-order chi connectivity index (χ0) is 14.8. The van der Waals surface area contributed by atoms with E-state index in [4.69, 9.17) is 4.84 Å². The van der Waals surface area contributed by atoms with Crippen LogP contribution in [0.5, 0.6) is 0 Å². The van der Waals surface area contributed by atoms with Gasteiger partial charge in [0.2, 0.25) is 0 Å². The van der Waals surface area contributed by atoms with E-state index in [2.05, 4.69) is 10.3 Å². The van der Waals surface area contributed by atoms with Crippen LogP contribution >= 0.6 is 0 Å². The van der Waals surface area contributed by atoms with Crippen LogP contribution in [0, 0.1) is 0 Å². The number of aromatic nitrogens is 3. The maximum Gasteiger partial charge on any atom is 0.131 e. The first-order valence-corrected chi connectivity index (χ1v) is 6.90. The molecular weight excluding hydrogens is 266 g/mol. The number of aliphatic hydroxyl groups is 1. The number of hydrogen-bond acceptors (Lipinski definition) is 4. The van der Waals surface area contributed by atoms with E-state index in [1.807, 2.05) is 62.4 Å². The van der Waals surface area contributed by atoms with Crippen LogP contribution in [0.15, 0.2) is 48.5 Å². The first-order valence-electron chi connectivity index (χ1n) is 6.90. The van der Waals surface area contributed by atoms with Crippen molar-refractivity contribution in [2.75, 3.05) is 0 Å². The number of benzene rings is 2. The van der Waals surface area contributed by atoms with Crippen LogP contribution in [0.25, 0.3) is 11.0 Å². The maximum absolute atomic E-state index is 10.5. The Kier molecular flexibility index (Phi) is 3.58. The Labute approximate surface area is 122 Å². The van der Waals surface area contributed by atoms with E-state index in [1.165, 1.54) is 4.85 Å². The summed E-state index contributed by atoms with van der Waals surface area (Å²) in [4.78, 5) is 6.97. The third kappa shape index (κ3) is 2.73. The largest absolute Gasteiger partial charge is 0.392 e. The topological polar surface area (TPSA) is 60.2 Å². The Bertz CT molecular complexity index is 738. The summed E-state index contributed by atoms with van der Waals surface area (Å²) in [5.74, 6) is 0. The zero-order valence-electron chi connectivity index (χ0n) is 12.0. The monoisotopic (exact) mass is 283 g/mol. The summed E-state index contributed by atoms with van der Waals surface area (Å²) < 4.78 is 0. The molecule has 3 rings (SSSR count). The van der Waals surface area contributed by atoms with Crippen molar-refractivity contribution in [3.63, 3.8) is 0 Å². The minimum absolute atomic E-state index is 0.00222. The molecule has 21 heavy (non-hydrogen) atoms. The normalized spacial score (nSPS) is 12.8. The predicted octanol–water partition coefficient (Wildman–Crippen LogP) is 2.35. The molecule has 2 aromatic carbocycles. The molecule has 0 aliphatic carbocycles. The molecule has 0 radical (unpaired) electrons. The first kappa shape index (κ1) is 13.6. The van der Waals surface area contributed by atoms with Crippen LogP contribution in [0.3, 0.4) is 0 Å². The second-order valence-corrected chi connectivity index (χ2v) is 5.18. The van der Waals surface area contributed by atoms with Crippen LogP contribution in [-0.4, -0.2) is 26.4 Å². The van der Waals surface area contributed by atoms with Gasteiger partial charge in [-0.3, -0.25) is 0 Å². The van der Waals surface area contributed by atoms with Crippen molar-refractivity contribution < 1.29 is 9.94 Å². The summed E-state index contributed by atoms with van der Waals surface area (Å²) in [6.07, 6.45) is -0.685. The van der Waals surface area contributed by atoms with Crippen LogP contribution in [-0.2, 0) is 0 Å². The number of rotatable bonds is 4. The molecule has 0 aliphatic heterocycles. The van der Waals surface area contributed by atoms with E-state index < -0.39 is 6.10 Å². The van der Waals surface area contributed by atoms with Crippen molar-refractivity contribution in [3.05, 3.63) is 59.7 Å². The lowest BCUT2D eigenvalue weighted by atomic mass is 10.0. The highest BCUT2D eigenvalue weighted by Crippen LogP contribution is 2.24. The van der Waals surface area contributed by atoms with E-state index in [0.717, 1.165) is 22.2 Å². The van der Waals surface area contributed by atoms with Crippen molar-refractivity contribution in [2.24, 2.45) is 0 Å². The first-order chi connectivity index (χ1) is 10.1. The van der Waals surface area contributed by atoms with Gasteiger partial charge in [-0.15, -0.1) is 5.10 Å². The van der Waals surface area contributed by atoms with Gasteiger partial charge in [-0.05, 0) is 42.3 Å². The van der Waals surface area contributed by atoms with Gasteiger partial charge in [0.05, 0.1) is 0 Å². The molecule has 1 heterocycles. The highest BCUT2D eigenvalue weighted by atomic mass is 16.7. The van der Waals surface area contributed by atoms with Crippen molar-refractivity contribution in [1.82, 2.24) is 15.2 Å². The Hall–Kier alpha value is -2.40. The second-order valence-electron chi connectivity index (χ2n) is 5.18. The SMILES string of the molecule is CC(C)On1nnc2ccc(C(O)c3ccccc3)cc21. The molecule has 3 aromatic rings. The quantitative estimate of drug-likeness (QED) is 0.798. The fourth-order valence-electron chi connectivity index (χ4n) is 2.19. The molecule has 0 amide bonds. The smallest absolute Gasteiger partial charge is 0.131 e. The molecule has 5 nitrogen and oxygen atoms in total. The van der Waals surface area contributed by atoms with Gasteiger partial charge in [0.1, 0.15) is 23.2 Å². The van der Waals surface area contributed by atoms with E-state index in [-0.39, 0.29) is 6.10 Å². The average molecular weight is 283 g/mol. The number of aliphatic hydroxyl groups excluding tert-OH is 1. The molecule has 0 saturated carbocycles. The van der Waals surface area contributed by atoms with Gasteiger partial charge in [-0.2, -0.15) is 0 Å². The summed E-state index contributed by atoms with van der Waals surface area (Å²) in [6, 6.07) is 15.1. The van der Waals surface area contributed by atoms with Gasteiger partial charge in [-0.1, -0.05) is 41.2 Å². The van der Waals surface area contributed by atoms with E-state index >= 15 is 0 Å². The van der Waals surface area contributed by atoms with Gasteiger partial charge in [0, 0.05) is 0 Å². The molecule has 0 bridgehead atoms. The zero-order valence-corrected chi connectivity index (χ0v) is 12.0. The average Bonchev–Trinajstić information content (AvgIpc) is 2.89. The van der Waals surface area contributed by atoms with E-state index in [9.17, 15) is 5.11 Å². The summed E-state index contributed by atoms with van der Waals surface area (Å²) in [5, 5.41) is 18.5. The molecule has 0 aliphatic rings. The summed E-state index contributed by atoms with van der Waals surface area (Å²) in [6.45, 7) is 3.85. The Morgan fingerprint density at radius 3 is 2.52 bits per heavy atom. The molecule has 0 spiro atoms. The molecule has 108 valence electrons. The van der Waals surface area contributed by atoms with Crippen molar-refractivity contribution in [1.29, 1.82) is 0 Å². The highest BCUT2D eigenvalue weighted by molar-refractivity contribution is 5.75. The minimum Gasteiger partial charge on any atom is -0.392 e. The van der Waals surface area contributed by atoms with Crippen molar-refractivity contribution in [3.8, 4) is 0 Å². The Morgan fingerprint density at radius 2 is 1.81 bits per heavy atom. The molecule has 5 heteroatoms. The summed E-state index contributed by atoms with van der Waals surface area (Å²) in [7, 11) is 0. The number of hydrogen-bond donors (Lipinski definition) is 1. The lowest BCUT2D eigenvalue weighted by Gasteiger charge is -2.12. The lowest BCUT2D eigenvalue weighted by Crippen LogP contribution is -2.20. The van der Waals surface area contributed by atoms with Crippen LogP contribution in [0.1, 0.15) is 31.1 Å². The summed E-state index contributed by atoms with van der Waals surface area (Å²) >= 11 is 0. The molecule has 1 aromatic heterocycles. The highest BCUT2D eigenvalue weighted by Gasteiger charge is 2.14. The Balaban J connectivity index is 2.00. The van der Waals surface area contributed by atoms with E-state index in [1.54, 1.807) is 0 Å². The molecule has 0 fully saturated rings. The van der Waals surface area contributed by atoms with Crippen LogP contribution in [0.2, 0.25) is 0 Å². The van der Waals surface area contributed by atoms with Gasteiger partial charge < -0.3 is 9.94 Å². The fraction of sp³-hybridized carbons (Fsp3) is 0.250. The van der Waals surface area contributed by atoms with Crippen molar-refractivity contribution >= 4 is 11.0 Å². The number of nitrogens with zero attached hydrogens (tertiary/aromatic N) is 3. The van der Waals surface area contributed by atoms with Crippen LogP contribution < -0.4 is 4.84 Å². The van der Waals surface area contributed by atoms with Gasteiger partial charge in [-0.25, -0.2) is 0 Å². The molecule has 0 saturated heterocycles. The third-order valence-corrected chi connectivity index (χ3v) is 3.18. The number of fused-ring (bicyclic) bond motifs is 1. The predicted molar refractivity (Wildman–Crippen MR) is 79.7 cm³/mol. The molecule has 1 atom stereocenters. The van der Waals surface area contributed by atoms with Crippen LogP contribution in [0.4, 0.5) is 0 Å². The minimum atomic E-state index is -0.682.